The highest BCUT2D eigenvalue weighted by molar-refractivity contribution is 7.99. The van der Waals surface area contributed by atoms with Crippen molar-refractivity contribution in [2.45, 2.75) is 16.7 Å². The average molecular weight is 342 g/mol. The predicted octanol–water partition coefficient (Wildman–Crippen LogP) is 4.90. The van der Waals surface area contributed by atoms with E-state index in [0.717, 1.165) is 4.90 Å². The van der Waals surface area contributed by atoms with Crippen LogP contribution in [0.5, 0.6) is 0 Å². The molecule has 0 spiro atoms. The molecule has 0 bridgehead atoms. The van der Waals surface area contributed by atoms with Crippen LogP contribution in [0.1, 0.15) is 17.3 Å². The van der Waals surface area contributed by atoms with Crippen molar-refractivity contribution >= 4 is 46.6 Å². The molecule has 0 saturated heterocycles. The molecule has 2 aromatic carbocycles. The number of esters is 1. The lowest BCUT2D eigenvalue weighted by molar-refractivity contribution is 0.0522. The molecule has 0 saturated carbocycles. The van der Waals surface area contributed by atoms with E-state index < -0.39 is 5.97 Å². The van der Waals surface area contributed by atoms with Gasteiger partial charge in [0.2, 0.25) is 0 Å². The molecule has 0 atom stereocenters. The van der Waals surface area contributed by atoms with E-state index in [0.29, 0.717) is 26.2 Å². The van der Waals surface area contributed by atoms with Crippen molar-refractivity contribution in [2.75, 3.05) is 12.3 Å². The predicted molar refractivity (Wildman–Crippen MR) is 87.4 cm³/mol. The highest BCUT2D eigenvalue weighted by Crippen LogP contribution is 2.40. The van der Waals surface area contributed by atoms with Crippen LogP contribution in [-0.4, -0.2) is 12.6 Å². The Balaban J connectivity index is 2.47. The van der Waals surface area contributed by atoms with Crippen molar-refractivity contribution in [3.8, 4) is 0 Å². The minimum atomic E-state index is -0.457. The highest BCUT2D eigenvalue weighted by atomic mass is 35.5. The number of halogens is 2. The van der Waals surface area contributed by atoms with Gasteiger partial charge in [0, 0.05) is 15.5 Å². The van der Waals surface area contributed by atoms with Gasteiger partial charge in [0.25, 0.3) is 0 Å². The number of rotatable bonds is 4. The van der Waals surface area contributed by atoms with E-state index in [1.807, 2.05) is 18.2 Å². The third kappa shape index (κ3) is 3.84. The summed E-state index contributed by atoms with van der Waals surface area (Å²) in [6.07, 6.45) is 0. The lowest BCUT2D eigenvalue weighted by Gasteiger charge is -2.12. The fourth-order valence-corrected chi connectivity index (χ4v) is 3.25. The Bertz CT molecular complexity index is 677. The van der Waals surface area contributed by atoms with Gasteiger partial charge in [0.1, 0.15) is 0 Å². The van der Waals surface area contributed by atoms with E-state index in [1.165, 1.54) is 11.8 Å². The van der Waals surface area contributed by atoms with Crippen molar-refractivity contribution in [1.29, 1.82) is 0 Å². The van der Waals surface area contributed by atoms with Crippen LogP contribution in [0.3, 0.4) is 0 Å². The molecule has 0 aromatic heterocycles. The minimum absolute atomic E-state index is 0.279. The van der Waals surface area contributed by atoms with E-state index in [9.17, 15) is 4.79 Å². The Kier molecular flexibility index (Phi) is 5.39. The van der Waals surface area contributed by atoms with E-state index in [4.69, 9.17) is 33.7 Å². The zero-order valence-electron chi connectivity index (χ0n) is 11.2. The maximum Gasteiger partial charge on any atom is 0.339 e. The van der Waals surface area contributed by atoms with Gasteiger partial charge in [-0.2, -0.15) is 0 Å². The second-order valence-corrected chi connectivity index (χ2v) is 6.00. The van der Waals surface area contributed by atoms with Gasteiger partial charge in [-0.1, -0.05) is 47.1 Å². The molecular weight excluding hydrogens is 329 g/mol. The van der Waals surface area contributed by atoms with Crippen LogP contribution in [0.25, 0.3) is 0 Å². The number of carbonyl (C=O) groups excluding carboxylic acids is 1. The molecular formula is C15H13Cl2NO2S. The van der Waals surface area contributed by atoms with Gasteiger partial charge in [0.15, 0.2) is 0 Å². The third-order valence-corrected chi connectivity index (χ3v) is 4.68. The second kappa shape index (κ2) is 7.07. The molecule has 0 aliphatic rings. The summed E-state index contributed by atoms with van der Waals surface area (Å²) >= 11 is 13.7. The van der Waals surface area contributed by atoms with Gasteiger partial charge in [-0.05, 0) is 31.2 Å². The summed E-state index contributed by atoms with van der Waals surface area (Å²) in [7, 11) is 0. The largest absolute Gasteiger partial charge is 0.462 e. The molecule has 2 rings (SSSR count). The molecule has 21 heavy (non-hydrogen) atoms. The third-order valence-electron chi connectivity index (χ3n) is 2.61. The molecule has 0 amide bonds. The minimum Gasteiger partial charge on any atom is -0.462 e. The zero-order chi connectivity index (χ0) is 15.4. The summed E-state index contributed by atoms with van der Waals surface area (Å²) < 4.78 is 5.05. The van der Waals surface area contributed by atoms with Crippen molar-refractivity contribution in [3.05, 3.63) is 52.0 Å². The van der Waals surface area contributed by atoms with Crippen LogP contribution in [0.15, 0.2) is 46.2 Å². The van der Waals surface area contributed by atoms with E-state index in [2.05, 4.69) is 0 Å². The van der Waals surface area contributed by atoms with Crippen molar-refractivity contribution in [3.63, 3.8) is 0 Å². The zero-order valence-corrected chi connectivity index (χ0v) is 13.6. The molecule has 2 N–H and O–H groups in total. The summed E-state index contributed by atoms with van der Waals surface area (Å²) in [4.78, 5) is 13.4. The Hall–Kier alpha value is -1.36. The Morgan fingerprint density at radius 1 is 1.24 bits per heavy atom. The molecule has 0 heterocycles. The maximum atomic E-state index is 12.1. The first kappa shape index (κ1) is 16.0. The number of hydrogen-bond donors (Lipinski definition) is 1. The van der Waals surface area contributed by atoms with Gasteiger partial charge in [-0.25, -0.2) is 4.79 Å². The lowest BCUT2D eigenvalue weighted by Crippen LogP contribution is -2.07. The number of benzene rings is 2. The smallest absolute Gasteiger partial charge is 0.339 e. The Morgan fingerprint density at radius 3 is 2.62 bits per heavy atom. The van der Waals surface area contributed by atoms with E-state index >= 15 is 0 Å². The van der Waals surface area contributed by atoms with E-state index in [1.54, 1.807) is 25.1 Å². The second-order valence-electron chi connectivity index (χ2n) is 4.13. The molecule has 0 aliphatic heterocycles. The Morgan fingerprint density at radius 2 is 1.95 bits per heavy atom. The summed E-state index contributed by atoms with van der Waals surface area (Å²) in [6.45, 7) is 2.02. The van der Waals surface area contributed by atoms with E-state index in [-0.39, 0.29) is 6.61 Å². The number of nitrogens with two attached hydrogens (primary N) is 1. The van der Waals surface area contributed by atoms with Gasteiger partial charge < -0.3 is 10.5 Å². The fourth-order valence-electron chi connectivity index (χ4n) is 1.72. The maximum absolute atomic E-state index is 12.1. The topological polar surface area (TPSA) is 52.3 Å². The first-order chi connectivity index (χ1) is 10.0. The molecule has 0 unspecified atom stereocenters. The summed E-state index contributed by atoms with van der Waals surface area (Å²) in [5.41, 5.74) is 6.51. The number of nitrogen functional groups attached to an aromatic ring is 1. The van der Waals surface area contributed by atoms with Crippen LogP contribution in [0.4, 0.5) is 5.69 Å². The summed E-state index contributed by atoms with van der Waals surface area (Å²) in [6, 6.07) is 10.5. The first-order valence-corrected chi connectivity index (χ1v) is 7.78. The van der Waals surface area contributed by atoms with Crippen LogP contribution in [0.2, 0.25) is 10.0 Å². The number of carbonyl (C=O) groups is 1. The van der Waals surface area contributed by atoms with Gasteiger partial charge in [-0.15, -0.1) is 0 Å². The molecule has 0 radical (unpaired) electrons. The summed E-state index contributed by atoms with van der Waals surface area (Å²) in [5, 5.41) is 0.980. The van der Waals surface area contributed by atoms with Crippen LogP contribution in [0, 0.1) is 0 Å². The van der Waals surface area contributed by atoms with Crippen molar-refractivity contribution in [2.24, 2.45) is 0 Å². The van der Waals surface area contributed by atoms with Gasteiger partial charge in [-0.3, -0.25) is 0 Å². The van der Waals surface area contributed by atoms with Crippen molar-refractivity contribution < 1.29 is 9.53 Å². The molecule has 3 nitrogen and oxygen atoms in total. The number of ether oxygens (including phenoxy) is 1. The summed E-state index contributed by atoms with van der Waals surface area (Å²) in [5.74, 6) is -0.457. The normalized spacial score (nSPS) is 10.4. The molecule has 6 heteroatoms. The molecule has 0 aliphatic carbocycles. The number of anilines is 1. The SMILES string of the molecule is CCOC(=O)c1cc(N)cc(Cl)c1Sc1ccccc1Cl. The first-order valence-electron chi connectivity index (χ1n) is 6.21. The van der Waals surface area contributed by atoms with Gasteiger partial charge >= 0.3 is 5.97 Å². The van der Waals surface area contributed by atoms with Crippen LogP contribution >= 0.6 is 35.0 Å². The highest BCUT2D eigenvalue weighted by Gasteiger charge is 2.18. The number of hydrogen-bond acceptors (Lipinski definition) is 4. The Labute approximate surface area is 137 Å². The van der Waals surface area contributed by atoms with Crippen LogP contribution in [-0.2, 0) is 4.74 Å². The van der Waals surface area contributed by atoms with Gasteiger partial charge in [0.05, 0.1) is 22.2 Å². The van der Waals surface area contributed by atoms with Crippen molar-refractivity contribution in [1.82, 2.24) is 0 Å². The molecule has 0 fully saturated rings. The van der Waals surface area contributed by atoms with Crippen LogP contribution < -0.4 is 5.73 Å². The quantitative estimate of drug-likeness (QED) is 0.634. The fraction of sp³-hybridized carbons (Fsp3) is 0.133. The molecule has 2 aromatic rings. The standard InChI is InChI=1S/C15H13Cl2NO2S/c1-2-20-15(19)10-7-9(18)8-12(17)14(10)21-13-6-4-3-5-11(13)16/h3-8H,2,18H2,1H3. The lowest BCUT2D eigenvalue weighted by atomic mass is 10.2. The monoisotopic (exact) mass is 341 g/mol. The average Bonchev–Trinajstić information content (AvgIpc) is 2.43. The molecule has 110 valence electrons.